The number of ether oxygens (including phenoxy) is 1. The van der Waals surface area contributed by atoms with Crippen molar-refractivity contribution >= 4 is 5.91 Å². The zero-order valence-electron chi connectivity index (χ0n) is 11.1. The molecule has 0 saturated carbocycles. The maximum atomic E-state index is 11.7. The van der Waals surface area contributed by atoms with Gasteiger partial charge >= 0.3 is 0 Å². The minimum absolute atomic E-state index is 0.229. The summed E-state index contributed by atoms with van der Waals surface area (Å²) >= 11 is 0. The predicted molar refractivity (Wildman–Crippen MR) is 70.5 cm³/mol. The Morgan fingerprint density at radius 3 is 2.56 bits per heavy atom. The number of nitrogens with one attached hydrogen (secondary N) is 1. The van der Waals surface area contributed by atoms with Crippen molar-refractivity contribution in [3.8, 4) is 0 Å². The minimum Gasteiger partial charge on any atom is -0.383 e. The fraction of sp³-hybridized carbons (Fsp3) is 0.500. The highest BCUT2D eigenvalue weighted by molar-refractivity contribution is 5.81. The Balaban J connectivity index is 2.57. The Labute approximate surface area is 108 Å². The van der Waals surface area contributed by atoms with Gasteiger partial charge in [-0.05, 0) is 12.5 Å². The maximum absolute atomic E-state index is 11.7. The van der Waals surface area contributed by atoms with Gasteiger partial charge in [0.05, 0.1) is 6.61 Å². The maximum Gasteiger partial charge on any atom is 0.249 e. The lowest BCUT2D eigenvalue weighted by molar-refractivity contribution is -0.130. The van der Waals surface area contributed by atoms with Crippen molar-refractivity contribution in [1.82, 2.24) is 5.32 Å². The van der Waals surface area contributed by atoms with E-state index in [1.165, 1.54) is 0 Å². The monoisotopic (exact) mass is 251 g/mol. The highest BCUT2D eigenvalue weighted by Crippen LogP contribution is 2.19. The number of hydrogen-bond acceptors (Lipinski definition) is 3. The van der Waals surface area contributed by atoms with Crippen LogP contribution >= 0.6 is 0 Å². The molecule has 0 aliphatic rings. The number of benzene rings is 1. The number of carbonyl (C=O) groups excluding carboxylic acids is 1. The molecule has 1 aromatic rings. The number of aliphatic hydroxyl groups excluding tert-OH is 1. The molecule has 18 heavy (non-hydrogen) atoms. The Morgan fingerprint density at radius 1 is 1.39 bits per heavy atom. The molecule has 0 unspecified atom stereocenters. The summed E-state index contributed by atoms with van der Waals surface area (Å²) in [4.78, 5) is 11.7. The number of aryl methyl sites for hydroxylation is 1. The average molecular weight is 251 g/mol. The van der Waals surface area contributed by atoms with Crippen LogP contribution in [0.25, 0.3) is 0 Å². The van der Waals surface area contributed by atoms with Gasteiger partial charge in [-0.1, -0.05) is 36.8 Å². The molecular formula is C14H21NO3. The van der Waals surface area contributed by atoms with E-state index in [0.29, 0.717) is 13.2 Å². The van der Waals surface area contributed by atoms with Crippen molar-refractivity contribution in [3.05, 3.63) is 35.4 Å². The second kappa shape index (κ2) is 7.13. The molecular weight excluding hydrogens is 230 g/mol. The van der Waals surface area contributed by atoms with Crippen molar-refractivity contribution in [3.63, 3.8) is 0 Å². The smallest absolute Gasteiger partial charge is 0.249 e. The van der Waals surface area contributed by atoms with Crippen LogP contribution in [0.2, 0.25) is 0 Å². The van der Waals surface area contributed by atoms with Crippen LogP contribution in [0.4, 0.5) is 0 Å². The van der Waals surface area contributed by atoms with Crippen molar-refractivity contribution < 1.29 is 14.6 Å². The average Bonchev–Trinajstić information content (AvgIpc) is 2.38. The Morgan fingerprint density at radius 2 is 2.00 bits per heavy atom. The summed E-state index contributed by atoms with van der Waals surface area (Å²) in [5.41, 5.74) is 2.11. The zero-order valence-corrected chi connectivity index (χ0v) is 11.1. The van der Waals surface area contributed by atoms with Gasteiger partial charge in [0.15, 0.2) is 0 Å². The molecule has 0 heterocycles. The van der Waals surface area contributed by atoms with Crippen molar-refractivity contribution in [1.29, 1.82) is 0 Å². The van der Waals surface area contributed by atoms with Gasteiger partial charge in [-0.15, -0.1) is 0 Å². The Hall–Kier alpha value is -1.39. The van der Waals surface area contributed by atoms with Gasteiger partial charge in [0.2, 0.25) is 5.91 Å². The van der Waals surface area contributed by atoms with Crippen LogP contribution in [0, 0.1) is 6.92 Å². The van der Waals surface area contributed by atoms with E-state index in [1.54, 1.807) is 7.11 Å². The number of amides is 1. The standard InChI is InChI=1S/C14H21NO3/c1-10-4-6-12(7-5-10)11(2)13(16)14(17)15-8-9-18-3/h4-7,11,13,16H,8-9H2,1-3H3,(H,15,17)/t11-,13+/m1/s1. The molecule has 0 radical (unpaired) electrons. The van der Waals surface area contributed by atoms with Gasteiger partial charge in [0.1, 0.15) is 6.10 Å². The van der Waals surface area contributed by atoms with Gasteiger partial charge in [-0.2, -0.15) is 0 Å². The normalized spacial score (nSPS) is 14.0. The highest BCUT2D eigenvalue weighted by atomic mass is 16.5. The first-order chi connectivity index (χ1) is 8.56. The summed E-state index contributed by atoms with van der Waals surface area (Å²) in [7, 11) is 1.57. The van der Waals surface area contributed by atoms with Crippen LogP contribution in [0.15, 0.2) is 24.3 Å². The molecule has 1 amide bonds. The van der Waals surface area contributed by atoms with E-state index in [1.807, 2.05) is 38.1 Å². The molecule has 0 spiro atoms. The second-order valence-electron chi connectivity index (χ2n) is 4.43. The zero-order chi connectivity index (χ0) is 13.5. The number of rotatable bonds is 6. The lowest BCUT2D eigenvalue weighted by Crippen LogP contribution is -2.39. The van der Waals surface area contributed by atoms with E-state index < -0.39 is 6.10 Å². The van der Waals surface area contributed by atoms with E-state index in [9.17, 15) is 9.90 Å². The van der Waals surface area contributed by atoms with Crippen molar-refractivity contribution in [2.24, 2.45) is 0 Å². The number of aliphatic hydroxyl groups is 1. The summed E-state index contributed by atoms with van der Waals surface area (Å²) in [5.74, 6) is -0.590. The van der Waals surface area contributed by atoms with E-state index in [-0.39, 0.29) is 11.8 Å². The highest BCUT2D eigenvalue weighted by Gasteiger charge is 2.23. The van der Waals surface area contributed by atoms with Crippen LogP contribution in [0.5, 0.6) is 0 Å². The first-order valence-electron chi connectivity index (χ1n) is 6.07. The molecule has 0 bridgehead atoms. The van der Waals surface area contributed by atoms with E-state index >= 15 is 0 Å². The third kappa shape index (κ3) is 4.13. The summed E-state index contributed by atoms with van der Waals surface area (Å²) in [6.45, 7) is 4.69. The van der Waals surface area contributed by atoms with Crippen LogP contribution in [0.1, 0.15) is 24.0 Å². The van der Waals surface area contributed by atoms with Crippen molar-refractivity contribution in [2.45, 2.75) is 25.9 Å². The molecule has 0 aliphatic heterocycles. The number of methoxy groups -OCH3 is 1. The number of carbonyl (C=O) groups is 1. The topological polar surface area (TPSA) is 58.6 Å². The minimum atomic E-state index is -1.04. The van der Waals surface area contributed by atoms with Gasteiger partial charge in [-0.3, -0.25) is 4.79 Å². The largest absolute Gasteiger partial charge is 0.383 e. The van der Waals surface area contributed by atoms with E-state index in [0.717, 1.165) is 11.1 Å². The molecule has 0 aromatic heterocycles. The van der Waals surface area contributed by atoms with Crippen LogP contribution in [-0.2, 0) is 9.53 Å². The van der Waals surface area contributed by atoms with E-state index in [2.05, 4.69) is 5.32 Å². The molecule has 100 valence electrons. The molecule has 2 N–H and O–H groups in total. The number of hydrogen-bond donors (Lipinski definition) is 2. The molecule has 1 rings (SSSR count). The third-order valence-corrected chi connectivity index (χ3v) is 2.95. The lowest BCUT2D eigenvalue weighted by atomic mass is 9.94. The molecule has 0 fully saturated rings. The molecule has 4 nitrogen and oxygen atoms in total. The first kappa shape index (κ1) is 14.7. The summed E-state index contributed by atoms with van der Waals surface area (Å²) in [5, 5.41) is 12.6. The first-order valence-corrected chi connectivity index (χ1v) is 6.07. The fourth-order valence-electron chi connectivity index (χ4n) is 1.66. The van der Waals surface area contributed by atoms with E-state index in [4.69, 9.17) is 4.74 Å². The summed E-state index contributed by atoms with van der Waals surface area (Å²) in [6, 6.07) is 7.82. The quantitative estimate of drug-likeness (QED) is 0.747. The van der Waals surface area contributed by atoms with Gasteiger partial charge in [0, 0.05) is 19.6 Å². The summed E-state index contributed by atoms with van der Waals surface area (Å²) in [6.07, 6.45) is -1.04. The fourth-order valence-corrected chi connectivity index (χ4v) is 1.66. The van der Waals surface area contributed by atoms with Crippen molar-refractivity contribution in [2.75, 3.05) is 20.3 Å². The van der Waals surface area contributed by atoms with Crippen LogP contribution in [0.3, 0.4) is 0 Å². The second-order valence-corrected chi connectivity index (χ2v) is 4.43. The van der Waals surface area contributed by atoms with Gasteiger partial charge in [0.25, 0.3) is 0 Å². The molecule has 4 heteroatoms. The van der Waals surface area contributed by atoms with Gasteiger partial charge < -0.3 is 15.2 Å². The molecule has 0 aliphatic carbocycles. The summed E-state index contributed by atoms with van der Waals surface area (Å²) < 4.78 is 4.83. The van der Waals surface area contributed by atoms with Crippen LogP contribution < -0.4 is 5.32 Å². The SMILES string of the molecule is COCCNC(=O)[C@@H](O)[C@H](C)c1ccc(C)cc1. The Kier molecular flexibility index (Phi) is 5.82. The predicted octanol–water partition coefficient (Wildman–Crippen LogP) is 1.22. The van der Waals surface area contributed by atoms with Gasteiger partial charge in [-0.25, -0.2) is 0 Å². The van der Waals surface area contributed by atoms with Crippen LogP contribution in [-0.4, -0.2) is 37.4 Å². The lowest BCUT2D eigenvalue weighted by Gasteiger charge is -2.18. The molecule has 0 saturated heterocycles. The third-order valence-electron chi connectivity index (χ3n) is 2.95. The molecule has 1 aromatic carbocycles. The Bertz CT molecular complexity index is 375. The molecule has 2 atom stereocenters.